The van der Waals surface area contributed by atoms with Crippen molar-refractivity contribution in [2.75, 3.05) is 6.61 Å². The average Bonchev–Trinajstić information content (AvgIpc) is 3.03. The molecule has 0 radical (unpaired) electrons. The van der Waals surface area contributed by atoms with Crippen LogP contribution in [0.2, 0.25) is 0 Å². The fraction of sp³-hybridized carbons (Fsp3) is 0.769. The monoisotopic (exact) mass is 252 g/mol. The van der Waals surface area contributed by atoms with E-state index in [4.69, 9.17) is 10.00 Å². The average molecular weight is 252 g/mol. The van der Waals surface area contributed by atoms with E-state index in [0.717, 1.165) is 6.42 Å². The van der Waals surface area contributed by atoms with Gasteiger partial charge in [0.2, 0.25) is 0 Å². The molecule has 0 saturated heterocycles. The summed E-state index contributed by atoms with van der Waals surface area (Å²) < 4.78 is 4.91. The maximum atomic E-state index is 11.6. The Kier molecular flexibility index (Phi) is 4.33. The molecule has 100 valence electrons. The second-order valence-electron chi connectivity index (χ2n) is 5.44. The molecule has 0 aliphatic heterocycles. The number of esters is 1. The molecule has 1 saturated carbocycles. The van der Waals surface area contributed by atoms with Gasteiger partial charge in [-0.05, 0) is 25.2 Å². The van der Waals surface area contributed by atoms with Crippen LogP contribution < -0.4 is 5.32 Å². The van der Waals surface area contributed by atoms with Crippen LogP contribution in [0.25, 0.3) is 0 Å². The van der Waals surface area contributed by atoms with Gasteiger partial charge in [-0.15, -0.1) is 0 Å². The largest absolute Gasteiger partial charge is 0.455 e. The molecule has 3 atom stereocenters. The van der Waals surface area contributed by atoms with E-state index in [1.165, 1.54) is 0 Å². The van der Waals surface area contributed by atoms with Crippen molar-refractivity contribution in [1.29, 1.82) is 5.26 Å². The maximum absolute atomic E-state index is 11.6. The van der Waals surface area contributed by atoms with Crippen LogP contribution in [0.1, 0.15) is 34.1 Å². The van der Waals surface area contributed by atoms with Crippen molar-refractivity contribution in [2.24, 2.45) is 17.8 Å². The highest BCUT2D eigenvalue weighted by atomic mass is 16.5. The Labute approximate surface area is 107 Å². The summed E-state index contributed by atoms with van der Waals surface area (Å²) in [5.74, 6) is -0.466. The SMILES string of the molecule is CC(C)[C@@](C)(C#N)NC(=O)COC(=O)[C@H]1C[C@@H]1C. The van der Waals surface area contributed by atoms with Gasteiger partial charge in [0.15, 0.2) is 6.61 Å². The number of ether oxygens (including phenoxy) is 1. The van der Waals surface area contributed by atoms with E-state index in [2.05, 4.69) is 11.4 Å². The van der Waals surface area contributed by atoms with E-state index in [9.17, 15) is 9.59 Å². The molecule has 1 aliphatic carbocycles. The van der Waals surface area contributed by atoms with Crippen molar-refractivity contribution in [2.45, 2.75) is 39.7 Å². The minimum absolute atomic E-state index is 0.0226. The Hall–Kier alpha value is -1.57. The van der Waals surface area contributed by atoms with Crippen molar-refractivity contribution in [3.8, 4) is 6.07 Å². The Balaban J connectivity index is 2.38. The highest BCUT2D eigenvalue weighted by Crippen LogP contribution is 2.38. The molecular formula is C13H20N2O3. The zero-order chi connectivity index (χ0) is 13.9. The van der Waals surface area contributed by atoms with E-state index in [1.807, 2.05) is 20.8 Å². The first-order valence-corrected chi connectivity index (χ1v) is 6.19. The molecule has 0 heterocycles. The molecule has 0 bridgehead atoms. The van der Waals surface area contributed by atoms with Crippen molar-refractivity contribution in [1.82, 2.24) is 5.32 Å². The fourth-order valence-electron chi connectivity index (χ4n) is 1.52. The van der Waals surface area contributed by atoms with Gasteiger partial charge in [0, 0.05) is 0 Å². The molecule has 0 aromatic rings. The number of hydrogen-bond donors (Lipinski definition) is 1. The summed E-state index contributed by atoms with van der Waals surface area (Å²) in [6, 6.07) is 2.07. The van der Waals surface area contributed by atoms with Crippen LogP contribution in [0.4, 0.5) is 0 Å². The van der Waals surface area contributed by atoms with Gasteiger partial charge in [-0.1, -0.05) is 20.8 Å². The molecule has 5 nitrogen and oxygen atoms in total. The summed E-state index contributed by atoms with van der Waals surface area (Å²) in [5.41, 5.74) is -0.934. The Bertz CT molecular complexity index is 386. The van der Waals surface area contributed by atoms with Crippen LogP contribution in [0.15, 0.2) is 0 Å². The van der Waals surface area contributed by atoms with E-state index < -0.39 is 11.4 Å². The number of nitrogens with one attached hydrogen (secondary N) is 1. The molecule has 1 rings (SSSR count). The molecule has 18 heavy (non-hydrogen) atoms. The minimum Gasteiger partial charge on any atom is -0.455 e. The molecule has 0 spiro atoms. The number of nitriles is 1. The first-order chi connectivity index (χ1) is 8.30. The van der Waals surface area contributed by atoms with Crippen molar-refractivity contribution >= 4 is 11.9 Å². The number of hydrogen-bond acceptors (Lipinski definition) is 4. The van der Waals surface area contributed by atoms with Crippen molar-refractivity contribution in [3.63, 3.8) is 0 Å². The van der Waals surface area contributed by atoms with Gasteiger partial charge in [0.25, 0.3) is 5.91 Å². The molecule has 1 N–H and O–H groups in total. The van der Waals surface area contributed by atoms with Crippen molar-refractivity contribution < 1.29 is 14.3 Å². The molecule has 1 amide bonds. The molecule has 0 unspecified atom stereocenters. The molecular weight excluding hydrogens is 232 g/mol. The van der Waals surface area contributed by atoms with Gasteiger partial charge in [-0.3, -0.25) is 9.59 Å². The third-order valence-electron chi connectivity index (χ3n) is 3.54. The first-order valence-electron chi connectivity index (χ1n) is 6.19. The van der Waals surface area contributed by atoms with E-state index in [1.54, 1.807) is 6.92 Å². The second-order valence-corrected chi connectivity index (χ2v) is 5.44. The summed E-state index contributed by atoms with van der Waals surface area (Å²) in [6.07, 6.45) is 0.836. The van der Waals surface area contributed by atoms with Crippen LogP contribution >= 0.6 is 0 Å². The van der Waals surface area contributed by atoms with E-state index >= 15 is 0 Å². The third kappa shape index (κ3) is 3.46. The number of carbonyl (C=O) groups is 2. The highest BCUT2D eigenvalue weighted by Gasteiger charge is 2.40. The normalized spacial score (nSPS) is 24.9. The summed E-state index contributed by atoms with van der Waals surface area (Å²) in [6.45, 7) is 7.01. The van der Waals surface area contributed by atoms with E-state index in [0.29, 0.717) is 5.92 Å². The zero-order valence-corrected chi connectivity index (χ0v) is 11.3. The Morgan fingerprint density at radius 3 is 2.50 bits per heavy atom. The standard InChI is InChI=1S/C13H20N2O3/c1-8(2)13(4,7-14)15-11(16)6-18-12(17)10-5-9(10)3/h8-10H,5-6H2,1-4H3,(H,15,16)/t9-,10-,13+/m0/s1. The first kappa shape index (κ1) is 14.5. The quantitative estimate of drug-likeness (QED) is 0.747. The van der Waals surface area contributed by atoms with Crippen LogP contribution in [-0.2, 0) is 14.3 Å². The lowest BCUT2D eigenvalue weighted by Crippen LogP contribution is -2.50. The van der Waals surface area contributed by atoms with Gasteiger partial charge in [0.1, 0.15) is 5.54 Å². The van der Waals surface area contributed by atoms with Crippen LogP contribution in [0.3, 0.4) is 0 Å². The predicted octanol–water partition coefficient (Wildman–Crippen LogP) is 1.24. The van der Waals surface area contributed by atoms with Crippen LogP contribution in [-0.4, -0.2) is 24.0 Å². The highest BCUT2D eigenvalue weighted by molar-refractivity contribution is 5.83. The Morgan fingerprint density at radius 2 is 2.11 bits per heavy atom. The van der Waals surface area contributed by atoms with Gasteiger partial charge < -0.3 is 10.1 Å². The molecule has 5 heteroatoms. The smallest absolute Gasteiger partial charge is 0.309 e. The van der Waals surface area contributed by atoms with Crippen LogP contribution in [0.5, 0.6) is 0 Å². The lowest BCUT2D eigenvalue weighted by Gasteiger charge is -2.27. The summed E-state index contributed by atoms with van der Waals surface area (Å²) in [7, 11) is 0. The lowest BCUT2D eigenvalue weighted by molar-refractivity contribution is -0.150. The maximum Gasteiger partial charge on any atom is 0.309 e. The van der Waals surface area contributed by atoms with Gasteiger partial charge >= 0.3 is 5.97 Å². The summed E-state index contributed by atoms with van der Waals surface area (Å²) in [5, 5.41) is 11.6. The number of nitrogens with zero attached hydrogens (tertiary/aromatic N) is 1. The van der Waals surface area contributed by atoms with Gasteiger partial charge in [0.05, 0.1) is 12.0 Å². The molecule has 1 aliphatic rings. The van der Waals surface area contributed by atoms with Crippen LogP contribution in [0, 0.1) is 29.1 Å². The lowest BCUT2D eigenvalue weighted by atomic mass is 9.90. The minimum atomic E-state index is -0.934. The number of rotatable bonds is 5. The molecule has 0 aromatic carbocycles. The van der Waals surface area contributed by atoms with Gasteiger partial charge in [-0.2, -0.15) is 5.26 Å². The topological polar surface area (TPSA) is 79.2 Å². The third-order valence-corrected chi connectivity index (χ3v) is 3.54. The van der Waals surface area contributed by atoms with Crippen molar-refractivity contribution in [3.05, 3.63) is 0 Å². The Morgan fingerprint density at radius 1 is 1.56 bits per heavy atom. The summed E-state index contributed by atoms with van der Waals surface area (Å²) >= 11 is 0. The van der Waals surface area contributed by atoms with Gasteiger partial charge in [-0.25, -0.2) is 0 Å². The molecule has 1 fully saturated rings. The predicted molar refractivity (Wildman–Crippen MR) is 65.2 cm³/mol. The fourth-order valence-corrected chi connectivity index (χ4v) is 1.52. The number of amides is 1. The molecule has 0 aromatic heterocycles. The zero-order valence-electron chi connectivity index (χ0n) is 11.3. The van der Waals surface area contributed by atoms with E-state index in [-0.39, 0.29) is 24.4 Å². The summed E-state index contributed by atoms with van der Waals surface area (Å²) in [4.78, 5) is 23.0. The second kappa shape index (κ2) is 5.38. The number of carbonyl (C=O) groups excluding carboxylic acids is 2.